The number of carbonyl (C=O) groups excluding carboxylic acids is 1. The second-order valence-corrected chi connectivity index (χ2v) is 5.85. The number of carbonyl (C=O) groups is 1. The van der Waals surface area contributed by atoms with Crippen molar-refractivity contribution in [1.82, 2.24) is 15.2 Å². The van der Waals surface area contributed by atoms with Crippen LogP contribution >= 0.6 is 0 Å². The predicted molar refractivity (Wildman–Crippen MR) is 93.0 cm³/mol. The number of nitrogens with one attached hydrogen (secondary N) is 1. The third-order valence-electron chi connectivity index (χ3n) is 4.06. The molecule has 4 aromatic rings. The largest absolute Gasteiger partial charge is 0.459 e. The molecular formula is C19H17N3O4. The van der Waals surface area contributed by atoms with Crippen molar-refractivity contribution in [2.75, 3.05) is 0 Å². The number of esters is 1. The predicted octanol–water partition coefficient (Wildman–Crippen LogP) is 3.88. The summed E-state index contributed by atoms with van der Waals surface area (Å²) in [6.45, 7) is -0.0420. The van der Waals surface area contributed by atoms with E-state index in [1.165, 1.54) is 17.2 Å². The van der Waals surface area contributed by atoms with Gasteiger partial charge >= 0.3 is 5.97 Å². The van der Waals surface area contributed by atoms with E-state index in [1.807, 2.05) is 24.4 Å². The molecule has 1 N–H and O–H groups in total. The summed E-state index contributed by atoms with van der Waals surface area (Å²) < 4.78 is 15.8. The maximum atomic E-state index is 11.9. The zero-order valence-electron chi connectivity index (χ0n) is 14.0. The van der Waals surface area contributed by atoms with Crippen molar-refractivity contribution in [3.63, 3.8) is 0 Å². The molecule has 132 valence electrons. The van der Waals surface area contributed by atoms with Gasteiger partial charge in [-0.15, -0.1) is 10.2 Å². The Morgan fingerprint density at radius 1 is 1.15 bits per heavy atom. The number of benzene rings is 1. The standard InChI is InChI=1S/C19H17N3O4/c23-18(9-3-5-13-11-20-15-7-2-1-6-14(13)15)25-12-17-21-22-19(26-17)16-8-4-10-24-16/h1-2,4,6-8,10-11,20H,3,5,9,12H2. The molecule has 0 spiro atoms. The summed E-state index contributed by atoms with van der Waals surface area (Å²) in [7, 11) is 0. The average Bonchev–Trinajstić information content (AvgIpc) is 3.40. The summed E-state index contributed by atoms with van der Waals surface area (Å²) in [4.78, 5) is 15.1. The number of ether oxygens (including phenoxy) is 1. The maximum absolute atomic E-state index is 11.9. The molecule has 7 nitrogen and oxygen atoms in total. The number of H-pyrrole nitrogens is 1. The highest BCUT2D eigenvalue weighted by Crippen LogP contribution is 2.20. The van der Waals surface area contributed by atoms with Crippen LogP contribution in [0.1, 0.15) is 24.3 Å². The van der Waals surface area contributed by atoms with Crippen molar-refractivity contribution in [1.29, 1.82) is 0 Å². The fourth-order valence-corrected chi connectivity index (χ4v) is 2.79. The second kappa shape index (κ2) is 7.26. The number of nitrogens with zero attached hydrogens (tertiary/aromatic N) is 2. The number of fused-ring (bicyclic) bond motifs is 1. The SMILES string of the molecule is O=C(CCCc1c[nH]c2ccccc12)OCc1nnc(-c2ccco2)o1. The van der Waals surface area contributed by atoms with E-state index in [2.05, 4.69) is 21.2 Å². The van der Waals surface area contributed by atoms with Gasteiger partial charge in [0.25, 0.3) is 11.8 Å². The number of rotatable bonds is 7. The topological polar surface area (TPSA) is 94.2 Å². The van der Waals surface area contributed by atoms with Crippen LogP contribution in [0.5, 0.6) is 0 Å². The first kappa shape index (κ1) is 16.1. The van der Waals surface area contributed by atoms with Crippen LogP contribution in [0.25, 0.3) is 22.6 Å². The lowest BCUT2D eigenvalue weighted by Crippen LogP contribution is -2.05. The zero-order chi connectivity index (χ0) is 17.8. The van der Waals surface area contributed by atoms with E-state index in [-0.39, 0.29) is 24.4 Å². The van der Waals surface area contributed by atoms with E-state index >= 15 is 0 Å². The van der Waals surface area contributed by atoms with E-state index in [0.717, 1.165) is 11.9 Å². The first-order chi connectivity index (χ1) is 12.8. The van der Waals surface area contributed by atoms with Gasteiger partial charge in [0.2, 0.25) is 0 Å². The first-order valence-electron chi connectivity index (χ1n) is 8.36. The minimum absolute atomic E-state index is 0.0420. The summed E-state index contributed by atoms with van der Waals surface area (Å²) in [5, 5.41) is 8.89. The lowest BCUT2D eigenvalue weighted by Gasteiger charge is -2.02. The number of furan rings is 1. The third-order valence-corrected chi connectivity index (χ3v) is 4.06. The van der Waals surface area contributed by atoms with E-state index in [9.17, 15) is 4.79 Å². The molecule has 0 fully saturated rings. The van der Waals surface area contributed by atoms with Crippen molar-refractivity contribution >= 4 is 16.9 Å². The molecule has 0 aliphatic rings. The molecule has 0 aliphatic heterocycles. The fraction of sp³-hybridized carbons (Fsp3) is 0.211. The van der Waals surface area contributed by atoms with Gasteiger partial charge < -0.3 is 18.6 Å². The van der Waals surface area contributed by atoms with Crippen LogP contribution in [0, 0.1) is 0 Å². The molecule has 0 aliphatic carbocycles. The van der Waals surface area contributed by atoms with Gasteiger partial charge in [-0.25, -0.2) is 0 Å². The van der Waals surface area contributed by atoms with Gasteiger partial charge in [-0.05, 0) is 36.6 Å². The lowest BCUT2D eigenvalue weighted by atomic mass is 10.1. The molecule has 0 bridgehead atoms. The summed E-state index contributed by atoms with van der Waals surface area (Å²) in [5.74, 6) is 0.693. The van der Waals surface area contributed by atoms with E-state index in [1.54, 1.807) is 12.1 Å². The molecule has 1 aromatic carbocycles. The Bertz CT molecular complexity index is 1000. The molecule has 3 aromatic heterocycles. The van der Waals surface area contributed by atoms with Crippen molar-refractivity contribution < 1.29 is 18.4 Å². The van der Waals surface area contributed by atoms with Gasteiger partial charge in [0.1, 0.15) is 0 Å². The number of para-hydroxylation sites is 1. The average molecular weight is 351 g/mol. The number of hydrogen-bond acceptors (Lipinski definition) is 6. The number of hydrogen-bond donors (Lipinski definition) is 1. The van der Waals surface area contributed by atoms with Crippen molar-refractivity contribution in [2.24, 2.45) is 0 Å². The van der Waals surface area contributed by atoms with Crippen LogP contribution in [-0.2, 0) is 22.6 Å². The third kappa shape index (κ3) is 3.51. The summed E-state index contributed by atoms with van der Waals surface area (Å²) >= 11 is 0. The molecule has 0 unspecified atom stereocenters. The van der Waals surface area contributed by atoms with Crippen molar-refractivity contribution in [3.05, 3.63) is 60.3 Å². The highest BCUT2D eigenvalue weighted by Gasteiger charge is 2.13. The van der Waals surface area contributed by atoms with Crippen LogP contribution in [0.3, 0.4) is 0 Å². The minimum atomic E-state index is -0.289. The lowest BCUT2D eigenvalue weighted by molar-refractivity contribution is -0.145. The van der Waals surface area contributed by atoms with E-state index in [4.69, 9.17) is 13.6 Å². The Kier molecular flexibility index (Phi) is 4.51. The van der Waals surface area contributed by atoms with Crippen LogP contribution in [0.15, 0.2) is 57.7 Å². The molecule has 4 rings (SSSR count). The molecular weight excluding hydrogens is 334 g/mol. The molecule has 3 heterocycles. The monoisotopic (exact) mass is 351 g/mol. The maximum Gasteiger partial charge on any atom is 0.306 e. The van der Waals surface area contributed by atoms with Gasteiger partial charge in [-0.1, -0.05) is 18.2 Å². The second-order valence-electron chi connectivity index (χ2n) is 5.85. The van der Waals surface area contributed by atoms with Gasteiger partial charge in [0, 0.05) is 23.5 Å². The molecule has 0 saturated carbocycles. The summed E-state index contributed by atoms with van der Waals surface area (Å²) in [6.07, 6.45) is 5.36. The normalized spacial score (nSPS) is 11.1. The summed E-state index contributed by atoms with van der Waals surface area (Å²) in [5.41, 5.74) is 2.31. The zero-order valence-corrected chi connectivity index (χ0v) is 14.0. The Balaban J connectivity index is 1.24. The van der Waals surface area contributed by atoms with Crippen molar-refractivity contribution in [2.45, 2.75) is 25.9 Å². The van der Waals surface area contributed by atoms with Gasteiger partial charge in [0.05, 0.1) is 6.26 Å². The van der Waals surface area contributed by atoms with Crippen LogP contribution in [-0.4, -0.2) is 21.2 Å². The first-order valence-corrected chi connectivity index (χ1v) is 8.36. The van der Waals surface area contributed by atoms with Gasteiger partial charge in [-0.2, -0.15) is 0 Å². The molecule has 0 radical (unpaired) electrons. The van der Waals surface area contributed by atoms with Crippen LogP contribution < -0.4 is 0 Å². The van der Waals surface area contributed by atoms with E-state index in [0.29, 0.717) is 18.6 Å². The number of aromatic nitrogens is 3. The Hall–Kier alpha value is -3.35. The van der Waals surface area contributed by atoms with Crippen molar-refractivity contribution in [3.8, 4) is 11.7 Å². The molecule has 0 saturated heterocycles. The van der Waals surface area contributed by atoms with Gasteiger partial charge in [-0.3, -0.25) is 4.79 Å². The smallest absolute Gasteiger partial charge is 0.306 e. The highest BCUT2D eigenvalue weighted by atomic mass is 16.5. The Morgan fingerprint density at radius 3 is 2.96 bits per heavy atom. The highest BCUT2D eigenvalue weighted by molar-refractivity contribution is 5.83. The Morgan fingerprint density at radius 2 is 2.08 bits per heavy atom. The quantitative estimate of drug-likeness (QED) is 0.508. The molecule has 7 heteroatoms. The van der Waals surface area contributed by atoms with E-state index < -0.39 is 0 Å². The Labute approximate surface area is 149 Å². The molecule has 0 amide bonds. The molecule has 26 heavy (non-hydrogen) atoms. The fourth-order valence-electron chi connectivity index (χ4n) is 2.79. The minimum Gasteiger partial charge on any atom is -0.459 e. The summed E-state index contributed by atoms with van der Waals surface area (Å²) in [6, 6.07) is 11.6. The number of aryl methyl sites for hydroxylation is 1. The van der Waals surface area contributed by atoms with Crippen LogP contribution in [0.2, 0.25) is 0 Å². The van der Waals surface area contributed by atoms with Gasteiger partial charge in [0.15, 0.2) is 12.4 Å². The van der Waals surface area contributed by atoms with Crippen LogP contribution in [0.4, 0.5) is 0 Å². The molecule has 0 atom stereocenters. The number of aromatic amines is 1.